The standard InChI is InChI=1S/C72H119N7O25/c1-13-47(6)60(55(92-11)43-57(81)79-25-17-20-53(79)65(93-12)48(7)67(86)74-49(8)61(82)51-18-15-14-16-19-51)77(9)69(88)58(45(2)3)76-68(87)59(46(4)5)78(10)72(91)102-44-50-21-22-54(103-71-64(85)62(83)63(84)66(104-71)70(89)90)52(42-50)75-56(80)23-26-94-28-30-96-32-34-98-36-38-100-40-41-101-39-37-99-35-33-97-31-29-95-27-24-73/h14-16,18-19,21-22,42,45-49,53,55,58-66,71,82-85H,13,17,20,23-41,43-44,73H2,1-12H3,(H,74,86)(H,75,80)(H,76,87)(H,89,90)/t47-,48+,49+,53-,55+,58-,59-,60-,61+,62-,63-,64+,65+,66-,71+/m0/s1. The largest absolute Gasteiger partial charge is 0.479 e. The molecule has 104 heavy (non-hydrogen) atoms. The number of hydrogen-bond donors (Lipinski definition) is 9. The fourth-order valence-electron chi connectivity index (χ4n) is 12.2. The first-order valence-corrected chi connectivity index (χ1v) is 35.9. The Labute approximate surface area is 611 Å². The predicted molar refractivity (Wildman–Crippen MR) is 379 cm³/mol. The van der Waals surface area contributed by atoms with Crippen molar-refractivity contribution in [1.29, 1.82) is 0 Å². The van der Waals surface area contributed by atoms with E-state index in [1.165, 1.54) is 44.4 Å². The van der Waals surface area contributed by atoms with Crippen LogP contribution >= 0.6 is 0 Å². The van der Waals surface area contributed by atoms with Crippen molar-refractivity contribution in [3.63, 3.8) is 0 Å². The molecule has 15 atom stereocenters. The lowest BCUT2D eigenvalue weighted by atomic mass is 9.89. The Bertz CT molecular complexity index is 2830. The Hall–Kier alpha value is -6.31. The van der Waals surface area contributed by atoms with Crippen LogP contribution in [0.25, 0.3) is 0 Å². The molecular formula is C72H119N7O25. The molecule has 2 fully saturated rings. The van der Waals surface area contributed by atoms with Crippen LogP contribution in [0.2, 0.25) is 0 Å². The monoisotopic (exact) mass is 1480 g/mol. The van der Waals surface area contributed by atoms with Crippen LogP contribution in [0.4, 0.5) is 10.5 Å². The minimum Gasteiger partial charge on any atom is -0.479 e. The van der Waals surface area contributed by atoms with Gasteiger partial charge in [0.2, 0.25) is 35.8 Å². The first-order chi connectivity index (χ1) is 49.7. The van der Waals surface area contributed by atoms with Crippen molar-refractivity contribution in [1.82, 2.24) is 25.3 Å². The molecule has 2 heterocycles. The van der Waals surface area contributed by atoms with Gasteiger partial charge in [-0.3, -0.25) is 28.9 Å². The summed E-state index contributed by atoms with van der Waals surface area (Å²) in [6.45, 7) is 20.4. The molecule has 10 N–H and O–H groups in total. The van der Waals surface area contributed by atoms with Gasteiger partial charge in [-0.15, -0.1) is 0 Å². The second kappa shape index (κ2) is 48.8. The Kier molecular flexibility index (Phi) is 42.3. The van der Waals surface area contributed by atoms with Gasteiger partial charge in [0.25, 0.3) is 0 Å². The fraction of sp³-hybridized carbons (Fsp3) is 0.736. The van der Waals surface area contributed by atoms with E-state index in [1.807, 2.05) is 32.0 Å². The zero-order chi connectivity index (χ0) is 76.8. The summed E-state index contributed by atoms with van der Waals surface area (Å²) >= 11 is 0. The number of carboxylic acid groups (broad SMARTS) is 1. The number of nitrogens with one attached hydrogen (secondary N) is 3. The van der Waals surface area contributed by atoms with E-state index in [0.29, 0.717) is 117 Å². The van der Waals surface area contributed by atoms with Crippen LogP contribution in [0.1, 0.15) is 105 Å². The van der Waals surface area contributed by atoms with Gasteiger partial charge >= 0.3 is 12.1 Å². The number of carbonyl (C=O) groups is 7. The number of anilines is 1. The molecule has 0 saturated carbocycles. The van der Waals surface area contributed by atoms with E-state index in [2.05, 4.69) is 16.0 Å². The third kappa shape index (κ3) is 29.4. The number of nitrogens with zero attached hydrogens (tertiary/aromatic N) is 3. The minimum atomic E-state index is -2.01. The molecule has 0 radical (unpaired) electrons. The SMILES string of the molecule is CC[C@H](C)[C@@H]([C@@H](CC(=O)N1CCC[C@H]1[C@H](OC)[C@@H](C)C(=O)N[C@H](C)[C@@H](O)c1ccccc1)OC)N(C)C(=O)[C@@H](NC(=O)[C@H](C(C)C)N(C)C(=O)OCc1ccc(O[C@@H]2O[C@H](C(=O)O)[C@@H](O)[C@H](O)[C@H]2O)c(NC(=O)CCOCCOCCOCCOCCOCCOCCOCCOCCN)c1)C(C)C. The maximum Gasteiger partial charge on any atom is 0.410 e. The number of likely N-dealkylation sites (tertiary alicyclic amines) is 1. The molecule has 0 aliphatic carbocycles. The molecule has 0 unspecified atom stereocenters. The van der Waals surface area contributed by atoms with Crippen molar-refractivity contribution in [2.45, 2.75) is 173 Å². The summed E-state index contributed by atoms with van der Waals surface area (Å²) in [5.74, 6) is -6.05. The molecule has 0 bridgehead atoms. The van der Waals surface area contributed by atoms with E-state index in [4.69, 9.17) is 67.3 Å². The van der Waals surface area contributed by atoms with E-state index in [9.17, 15) is 59.1 Å². The highest BCUT2D eigenvalue weighted by atomic mass is 16.7. The second-order valence-electron chi connectivity index (χ2n) is 26.5. The third-order valence-corrected chi connectivity index (χ3v) is 18.2. The topological polar surface area (TPSA) is 412 Å². The van der Waals surface area contributed by atoms with Crippen molar-refractivity contribution >= 4 is 47.3 Å². The summed E-state index contributed by atoms with van der Waals surface area (Å²) in [5, 5.41) is 60.8. The van der Waals surface area contributed by atoms with Crippen molar-refractivity contribution < 1.29 is 121 Å². The molecule has 2 aliphatic heterocycles. The molecule has 2 aromatic carbocycles. The maximum absolute atomic E-state index is 14.9. The van der Waals surface area contributed by atoms with Gasteiger partial charge in [0.05, 0.1) is 167 Å². The number of carbonyl (C=O) groups excluding carboxylic acids is 6. The summed E-state index contributed by atoms with van der Waals surface area (Å²) in [4.78, 5) is 101. The Morgan fingerprint density at radius 2 is 1.22 bits per heavy atom. The van der Waals surface area contributed by atoms with Crippen LogP contribution in [0.5, 0.6) is 5.75 Å². The van der Waals surface area contributed by atoms with Crippen LogP contribution in [0, 0.1) is 23.7 Å². The molecule has 0 aromatic heterocycles. The average molecular weight is 1480 g/mol. The van der Waals surface area contributed by atoms with Gasteiger partial charge in [0, 0.05) is 41.4 Å². The van der Waals surface area contributed by atoms with Gasteiger partial charge in [-0.25, -0.2) is 9.59 Å². The average Bonchev–Trinajstić information content (AvgIpc) is 1.02. The number of likely N-dealkylation sites (N-methyl/N-ethyl adjacent to an activating group) is 2. The molecule has 32 heteroatoms. The van der Waals surface area contributed by atoms with Crippen molar-refractivity contribution in [3.8, 4) is 5.75 Å². The molecule has 6 amide bonds. The van der Waals surface area contributed by atoms with Crippen LogP contribution < -0.4 is 26.4 Å². The highest BCUT2D eigenvalue weighted by molar-refractivity contribution is 5.93. The normalized spacial score (nSPS) is 20.2. The highest BCUT2D eigenvalue weighted by Gasteiger charge is 2.49. The van der Waals surface area contributed by atoms with Crippen LogP contribution in [0.15, 0.2) is 48.5 Å². The van der Waals surface area contributed by atoms with Gasteiger partial charge in [-0.05, 0) is 60.8 Å². The second-order valence-corrected chi connectivity index (χ2v) is 26.5. The summed E-state index contributed by atoms with van der Waals surface area (Å²) in [7, 11) is 5.97. The lowest BCUT2D eigenvalue weighted by Gasteiger charge is -2.41. The molecule has 2 saturated heterocycles. The van der Waals surface area contributed by atoms with Crippen LogP contribution in [0.3, 0.4) is 0 Å². The maximum atomic E-state index is 14.9. The van der Waals surface area contributed by atoms with Gasteiger partial charge in [-0.1, -0.05) is 91.3 Å². The number of carboxylic acids is 1. The number of amides is 6. The number of nitrogens with two attached hydrogens (primary N) is 1. The van der Waals surface area contributed by atoms with Crippen molar-refractivity contribution in [2.24, 2.45) is 29.4 Å². The number of rotatable bonds is 52. The first kappa shape index (κ1) is 90.1. The van der Waals surface area contributed by atoms with Gasteiger partial charge in [-0.2, -0.15) is 0 Å². The fourth-order valence-corrected chi connectivity index (χ4v) is 12.2. The van der Waals surface area contributed by atoms with Crippen molar-refractivity contribution in [3.05, 3.63) is 59.7 Å². The molecule has 0 spiro atoms. The number of ether oxygens (including phenoxy) is 13. The van der Waals surface area contributed by atoms with E-state index in [-0.39, 0.29) is 74.0 Å². The van der Waals surface area contributed by atoms with E-state index < -0.39 is 133 Å². The van der Waals surface area contributed by atoms with Crippen LogP contribution in [-0.2, 0) is 92.2 Å². The van der Waals surface area contributed by atoms with Gasteiger partial charge in [0.1, 0.15) is 42.8 Å². The van der Waals surface area contributed by atoms with Gasteiger partial charge in [0.15, 0.2) is 6.10 Å². The summed E-state index contributed by atoms with van der Waals surface area (Å²) in [6, 6.07) is 9.09. The number of methoxy groups -OCH3 is 2. The Balaban J connectivity index is 1.33. The number of benzene rings is 2. The molecule has 4 rings (SSSR count). The lowest BCUT2D eigenvalue weighted by molar-refractivity contribution is -0.271. The lowest BCUT2D eigenvalue weighted by Crippen LogP contribution is -2.61. The smallest absolute Gasteiger partial charge is 0.410 e. The van der Waals surface area contributed by atoms with Gasteiger partial charge < -0.3 is 119 Å². The minimum absolute atomic E-state index is 0.0514. The zero-order valence-electron chi connectivity index (χ0n) is 62.7. The third-order valence-electron chi connectivity index (χ3n) is 18.2. The van der Waals surface area contributed by atoms with E-state index in [0.717, 1.165) is 4.90 Å². The molecule has 2 aliphatic rings. The number of aliphatic hydroxyl groups excluding tert-OH is 4. The van der Waals surface area contributed by atoms with E-state index >= 15 is 0 Å². The number of aliphatic carboxylic acids is 1. The highest BCUT2D eigenvalue weighted by Crippen LogP contribution is 2.33. The predicted octanol–water partition coefficient (Wildman–Crippen LogP) is 2.27. The summed E-state index contributed by atoms with van der Waals surface area (Å²) in [6.07, 6.45) is -11.7. The quantitative estimate of drug-likeness (QED) is 0.0429. The molecular weight excluding hydrogens is 1360 g/mol. The summed E-state index contributed by atoms with van der Waals surface area (Å²) in [5.41, 5.74) is 6.24. The summed E-state index contributed by atoms with van der Waals surface area (Å²) < 4.78 is 72.8. The number of hydrogen-bond acceptors (Lipinski definition) is 25. The zero-order valence-corrected chi connectivity index (χ0v) is 62.7. The van der Waals surface area contributed by atoms with Crippen LogP contribution in [-0.4, -0.2) is 302 Å². The molecule has 32 nitrogen and oxygen atoms in total. The Morgan fingerprint density at radius 3 is 1.72 bits per heavy atom. The van der Waals surface area contributed by atoms with E-state index in [1.54, 1.807) is 65.6 Å². The van der Waals surface area contributed by atoms with Crippen molar-refractivity contribution in [2.75, 3.05) is 152 Å². The number of aliphatic hydroxyl groups is 4. The molecule has 2 aromatic rings. The Morgan fingerprint density at radius 1 is 0.673 bits per heavy atom. The first-order valence-electron chi connectivity index (χ1n) is 35.9. The molecule has 592 valence electrons.